The van der Waals surface area contributed by atoms with Gasteiger partial charge < -0.3 is 9.88 Å². The summed E-state index contributed by atoms with van der Waals surface area (Å²) in [5.74, 6) is 0.807. The smallest absolute Gasteiger partial charge is 0.221 e. The van der Waals surface area contributed by atoms with Crippen LogP contribution in [0, 0.1) is 0 Å². The maximum absolute atomic E-state index is 11.6. The average Bonchev–Trinajstić information content (AvgIpc) is 2.82. The van der Waals surface area contributed by atoms with Gasteiger partial charge in [0.05, 0.1) is 23.8 Å². The van der Waals surface area contributed by atoms with Crippen LogP contribution in [0.2, 0.25) is 0 Å². The highest BCUT2D eigenvalue weighted by Gasteiger charge is 2.24. The number of nitrogens with one attached hydrogen (secondary N) is 1. The molecule has 136 valence electrons. The molecular weight excluding hydrogens is 342 g/mol. The highest BCUT2D eigenvalue weighted by Crippen LogP contribution is 2.21. The predicted molar refractivity (Wildman–Crippen MR) is 96.7 cm³/mol. The van der Waals surface area contributed by atoms with E-state index < -0.39 is 10.0 Å². The molecule has 0 unspecified atom stereocenters. The molecule has 8 nitrogen and oxygen atoms in total. The van der Waals surface area contributed by atoms with Gasteiger partial charge in [0.25, 0.3) is 0 Å². The molecular formula is C16H23N5O3S. The van der Waals surface area contributed by atoms with Crippen molar-refractivity contribution >= 4 is 32.7 Å². The molecule has 0 saturated carbocycles. The molecule has 9 heteroatoms. The quantitative estimate of drug-likeness (QED) is 0.858. The SMILES string of the molecule is CC(=O)Nc1ccc2c(c1)nc(CN1CCN(S(C)(=O)=O)CC1)n2C. The van der Waals surface area contributed by atoms with Crippen LogP contribution in [0.25, 0.3) is 11.0 Å². The van der Waals surface area contributed by atoms with Gasteiger partial charge in [-0.3, -0.25) is 9.69 Å². The van der Waals surface area contributed by atoms with Gasteiger partial charge in [0, 0.05) is 45.8 Å². The van der Waals surface area contributed by atoms with Crippen LogP contribution in [0.4, 0.5) is 5.69 Å². The lowest BCUT2D eigenvalue weighted by Crippen LogP contribution is -2.48. The van der Waals surface area contributed by atoms with Crippen LogP contribution in [-0.2, 0) is 28.4 Å². The van der Waals surface area contributed by atoms with E-state index in [9.17, 15) is 13.2 Å². The zero-order valence-corrected chi connectivity index (χ0v) is 15.5. The number of hydrogen-bond donors (Lipinski definition) is 1. The summed E-state index contributed by atoms with van der Waals surface area (Å²) in [4.78, 5) is 18.1. The van der Waals surface area contributed by atoms with Crippen molar-refractivity contribution in [2.75, 3.05) is 37.8 Å². The first-order chi connectivity index (χ1) is 11.7. The van der Waals surface area contributed by atoms with Crippen molar-refractivity contribution in [3.05, 3.63) is 24.0 Å². The molecule has 3 rings (SSSR count). The summed E-state index contributed by atoms with van der Waals surface area (Å²) in [7, 11) is -1.15. The van der Waals surface area contributed by atoms with Crippen LogP contribution >= 0.6 is 0 Å². The Labute approximate surface area is 147 Å². The molecule has 0 aliphatic carbocycles. The topological polar surface area (TPSA) is 87.5 Å². The van der Waals surface area contributed by atoms with Crippen LogP contribution in [0.5, 0.6) is 0 Å². The third-order valence-corrected chi connectivity index (χ3v) is 5.76. The summed E-state index contributed by atoms with van der Waals surface area (Å²) in [5, 5.41) is 2.76. The lowest BCUT2D eigenvalue weighted by atomic mass is 10.2. The second kappa shape index (κ2) is 6.74. The summed E-state index contributed by atoms with van der Waals surface area (Å²) in [5.41, 5.74) is 2.56. The van der Waals surface area contributed by atoms with Crippen LogP contribution in [-0.4, -0.2) is 65.5 Å². The molecule has 1 fully saturated rings. The van der Waals surface area contributed by atoms with E-state index in [1.807, 2.05) is 29.8 Å². The molecule has 0 spiro atoms. The molecule has 25 heavy (non-hydrogen) atoms. The summed E-state index contributed by atoms with van der Waals surface area (Å²) < 4.78 is 26.7. The Kier molecular flexibility index (Phi) is 4.81. The molecule has 0 atom stereocenters. The summed E-state index contributed by atoms with van der Waals surface area (Å²) in [6.45, 7) is 4.54. The molecule has 1 N–H and O–H groups in total. The highest BCUT2D eigenvalue weighted by molar-refractivity contribution is 7.88. The summed E-state index contributed by atoms with van der Waals surface area (Å²) in [6.07, 6.45) is 1.25. The number of anilines is 1. The fraction of sp³-hybridized carbons (Fsp3) is 0.500. The van der Waals surface area contributed by atoms with E-state index in [1.54, 1.807) is 0 Å². The number of aromatic nitrogens is 2. The molecule has 0 bridgehead atoms. The van der Waals surface area contributed by atoms with E-state index in [1.165, 1.54) is 17.5 Å². The van der Waals surface area contributed by atoms with E-state index in [-0.39, 0.29) is 5.91 Å². The minimum absolute atomic E-state index is 0.112. The Morgan fingerprint density at radius 3 is 2.52 bits per heavy atom. The first-order valence-corrected chi connectivity index (χ1v) is 9.99. The number of hydrogen-bond acceptors (Lipinski definition) is 5. The number of aryl methyl sites for hydroxylation is 1. The molecule has 2 aromatic rings. The zero-order chi connectivity index (χ0) is 18.2. The second-order valence-corrected chi connectivity index (χ2v) is 8.39. The minimum atomic E-state index is -3.11. The first kappa shape index (κ1) is 17.8. The Bertz CT molecular complexity index is 898. The molecule has 1 saturated heterocycles. The normalized spacial score (nSPS) is 17.1. The number of fused-ring (bicyclic) bond motifs is 1. The fourth-order valence-corrected chi connectivity index (χ4v) is 3.92. The van der Waals surface area contributed by atoms with E-state index in [2.05, 4.69) is 15.2 Å². The lowest BCUT2D eigenvalue weighted by molar-refractivity contribution is -0.114. The van der Waals surface area contributed by atoms with Gasteiger partial charge in [-0.15, -0.1) is 0 Å². The standard InChI is InChI=1S/C16H23N5O3S/c1-12(22)17-13-4-5-15-14(10-13)18-16(19(15)2)11-20-6-8-21(9-7-20)25(3,23)24/h4-5,10H,6-9,11H2,1-3H3,(H,17,22). The average molecular weight is 365 g/mol. The van der Waals surface area contributed by atoms with Gasteiger partial charge in [0.1, 0.15) is 5.82 Å². The van der Waals surface area contributed by atoms with Crippen molar-refractivity contribution < 1.29 is 13.2 Å². The Morgan fingerprint density at radius 2 is 1.92 bits per heavy atom. The highest BCUT2D eigenvalue weighted by atomic mass is 32.2. The maximum atomic E-state index is 11.6. The van der Waals surface area contributed by atoms with Crippen LogP contribution in [0.1, 0.15) is 12.7 Å². The molecule has 1 aromatic carbocycles. The van der Waals surface area contributed by atoms with Crippen molar-refractivity contribution in [2.45, 2.75) is 13.5 Å². The molecule has 1 amide bonds. The van der Waals surface area contributed by atoms with Gasteiger partial charge in [-0.1, -0.05) is 0 Å². The van der Waals surface area contributed by atoms with Gasteiger partial charge in [-0.2, -0.15) is 4.31 Å². The molecule has 1 aliphatic rings. The fourth-order valence-electron chi connectivity index (χ4n) is 3.09. The number of rotatable bonds is 4. The molecule has 2 heterocycles. The largest absolute Gasteiger partial charge is 0.330 e. The van der Waals surface area contributed by atoms with Gasteiger partial charge in [0.15, 0.2) is 0 Å². The third-order valence-electron chi connectivity index (χ3n) is 4.46. The van der Waals surface area contributed by atoms with E-state index >= 15 is 0 Å². The number of amides is 1. The van der Waals surface area contributed by atoms with E-state index in [0.29, 0.717) is 32.7 Å². The van der Waals surface area contributed by atoms with Crippen LogP contribution < -0.4 is 5.32 Å². The third kappa shape index (κ3) is 4.00. The van der Waals surface area contributed by atoms with Crippen molar-refractivity contribution in [3.63, 3.8) is 0 Å². The molecule has 1 aromatic heterocycles. The first-order valence-electron chi connectivity index (χ1n) is 8.14. The summed E-state index contributed by atoms with van der Waals surface area (Å²) in [6, 6.07) is 5.67. The van der Waals surface area contributed by atoms with Crippen molar-refractivity contribution in [3.8, 4) is 0 Å². The number of carbonyl (C=O) groups is 1. The van der Waals surface area contributed by atoms with Crippen molar-refractivity contribution in [1.29, 1.82) is 0 Å². The summed E-state index contributed by atoms with van der Waals surface area (Å²) >= 11 is 0. The maximum Gasteiger partial charge on any atom is 0.221 e. The van der Waals surface area contributed by atoms with Crippen LogP contribution in [0.15, 0.2) is 18.2 Å². The molecule has 1 aliphatic heterocycles. The van der Waals surface area contributed by atoms with Crippen molar-refractivity contribution in [1.82, 2.24) is 18.8 Å². The van der Waals surface area contributed by atoms with Crippen LogP contribution in [0.3, 0.4) is 0 Å². The van der Waals surface area contributed by atoms with E-state index in [4.69, 9.17) is 0 Å². The number of piperazine rings is 1. The number of sulfonamides is 1. The minimum Gasteiger partial charge on any atom is -0.330 e. The van der Waals surface area contributed by atoms with Gasteiger partial charge in [-0.05, 0) is 18.2 Å². The van der Waals surface area contributed by atoms with Gasteiger partial charge >= 0.3 is 0 Å². The second-order valence-electron chi connectivity index (χ2n) is 6.41. The Morgan fingerprint density at radius 1 is 1.24 bits per heavy atom. The predicted octanol–water partition coefficient (Wildman–Crippen LogP) is 0.609. The van der Waals surface area contributed by atoms with Gasteiger partial charge in [-0.25, -0.2) is 13.4 Å². The number of imidazole rings is 1. The monoisotopic (exact) mass is 365 g/mol. The van der Waals surface area contributed by atoms with Gasteiger partial charge in [0.2, 0.25) is 15.9 Å². The van der Waals surface area contributed by atoms with E-state index in [0.717, 1.165) is 22.5 Å². The number of nitrogens with zero attached hydrogens (tertiary/aromatic N) is 4. The Balaban J connectivity index is 1.74. The number of carbonyl (C=O) groups excluding carboxylic acids is 1. The lowest BCUT2D eigenvalue weighted by Gasteiger charge is -2.32. The van der Waals surface area contributed by atoms with Crippen molar-refractivity contribution in [2.24, 2.45) is 7.05 Å². The number of benzene rings is 1. The zero-order valence-electron chi connectivity index (χ0n) is 14.7. The Hall–Kier alpha value is -1.97. The molecule has 0 radical (unpaired) electrons.